The lowest BCUT2D eigenvalue weighted by Gasteiger charge is -2.32. The van der Waals surface area contributed by atoms with Crippen molar-refractivity contribution in [3.8, 4) is 5.75 Å². The second-order valence-corrected chi connectivity index (χ2v) is 4.22. The van der Waals surface area contributed by atoms with Gasteiger partial charge in [-0.25, -0.2) is 4.79 Å². The minimum absolute atomic E-state index is 0.0109. The van der Waals surface area contributed by atoms with Crippen LogP contribution < -0.4 is 10.2 Å². The van der Waals surface area contributed by atoms with Crippen molar-refractivity contribution in [3.63, 3.8) is 0 Å². The van der Waals surface area contributed by atoms with Gasteiger partial charge < -0.3 is 9.84 Å². The van der Waals surface area contributed by atoms with Gasteiger partial charge in [-0.15, -0.1) is 0 Å². The molecule has 1 atom stereocenters. The molecule has 1 aliphatic rings. The van der Waals surface area contributed by atoms with E-state index in [2.05, 4.69) is 5.48 Å². The number of nitrogens with one attached hydrogen (secondary N) is 1. The zero-order chi connectivity index (χ0) is 14.2. The van der Waals surface area contributed by atoms with E-state index < -0.39 is 16.4 Å². The molecule has 102 valence electrons. The Morgan fingerprint density at radius 3 is 2.84 bits per heavy atom. The summed E-state index contributed by atoms with van der Waals surface area (Å²) >= 11 is 0. The molecule has 0 amide bonds. The van der Waals surface area contributed by atoms with E-state index >= 15 is 0 Å². The number of carboxylic acid groups (broad SMARTS) is 1. The van der Waals surface area contributed by atoms with Crippen LogP contribution in [0.15, 0.2) is 12.1 Å². The number of aliphatic carboxylic acids is 1. The van der Waals surface area contributed by atoms with Crippen molar-refractivity contribution in [3.05, 3.63) is 33.4 Å². The second-order valence-electron chi connectivity index (χ2n) is 4.22. The van der Waals surface area contributed by atoms with Crippen LogP contribution in [0.5, 0.6) is 5.75 Å². The first-order valence-electron chi connectivity index (χ1n) is 5.39. The highest BCUT2D eigenvalue weighted by Gasteiger charge is 2.46. The van der Waals surface area contributed by atoms with Crippen LogP contribution in [-0.4, -0.2) is 23.1 Å². The first-order valence-corrected chi connectivity index (χ1v) is 5.39. The molecule has 8 nitrogen and oxygen atoms in total. The SMILES string of the molecule is COc1ccc([N+](=O)[O-])c2c1CONC2(C)C(=O)O. The van der Waals surface area contributed by atoms with Crippen molar-refractivity contribution in [1.29, 1.82) is 0 Å². The van der Waals surface area contributed by atoms with Gasteiger partial charge in [0.05, 0.1) is 24.2 Å². The van der Waals surface area contributed by atoms with E-state index in [0.29, 0.717) is 11.3 Å². The van der Waals surface area contributed by atoms with Crippen molar-refractivity contribution < 1.29 is 24.4 Å². The van der Waals surface area contributed by atoms with E-state index in [0.717, 1.165) is 0 Å². The van der Waals surface area contributed by atoms with Crippen molar-refractivity contribution in [1.82, 2.24) is 5.48 Å². The average molecular weight is 268 g/mol. The molecular weight excluding hydrogens is 256 g/mol. The maximum absolute atomic E-state index is 11.4. The van der Waals surface area contributed by atoms with Gasteiger partial charge >= 0.3 is 5.97 Å². The molecule has 1 aliphatic heterocycles. The molecule has 1 unspecified atom stereocenters. The third-order valence-corrected chi connectivity index (χ3v) is 3.09. The molecule has 2 N–H and O–H groups in total. The molecule has 1 aromatic carbocycles. The molecule has 0 saturated carbocycles. The van der Waals surface area contributed by atoms with Crippen LogP contribution in [0.4, 0.5) is 5.69 Å². The van der Waals surface area contributed by atoms with Crippen molar-refractivity contribution in [2.45, 2.75) is 19.1 Å². The summed E-state index contributed by atoms with van der Waals surface area (Å²) in [5.41, 5.74) is 0.766. The first kappa shape index (κ1) is 13.2. The standard InChI is InChI=1S/C11H12N2O6/c1-11(10(14)15)9-6(5-19-12-11)8(18-2)4-3-7(9)13(16)17/h3-4,12H,5H2,1-2H3,(H,14,15). The smallest absolute Gasteiger partial charge is 0.330 e. The maximum Gasteiger partial charge on any atom is 0.330 e. The fourth-order valence-corrected chi connectivity index (χ4v) is 2.12. The molecule has 2 rings (SSSR count). The quantitative estimate of drug-likeness (QED) is 0.619. The van der Waals surface area contributed by atoms with E-state index in [4.69, 9.17) is 9.57 Å². The molecule has 0 radical (unpaired) electrons. The summed E-state index contributed by atoms with van der Waals surface area (Å²) in [6.45, 7) is 1.29. The summed E-state index contributed by atoms with van der Waals surface area (Å²) in [4.78, 5) is 26.9. The normalized spacial score (nSPS) is 21.6. The lowest BCUT2D eigenvalue weighted by atomic mass is 9.86. The highest BCUT2D eigenvalue weighted by atomic mass is 16.7. The van der Waals surface area contributed by atoms with Gasteiger partial charge in [0.15, 0.2) is 5.54 Å². The predicted molar refractivity (Wildman–Crippen MR) is 62.6 cm³/mol. The molecule has 8 heteroatoms. The van der Waals surface area contributed by atoms with Gasteiger partial charge in [-0.2, -0.15) is 5.48 Å². The van der Waals surface area contributed by atoms with Gasteiger partial charge in [0.25, 0.3) is 5.69 Å². The Kier molecular flexibility index (Phi) is 3.13. The summed E-state index contributed by atoms with van der Waals surface area (Å²) in [5, 5.41) is 20.4. The summed E-state index contributed by atoms with van der Waals surface area (Å²) in [5.74, 6) is -0.917. The molecular formula is C11H12N2O6. The monoisotopic (exact) mass is 268 g/mol. The van der Waals surface area contributed by atoms with Crippen molar-refractivity contribution in [2.24, 2.45) is 0 Å². The zero-order valence-electron chi connectivity index (χ0n) is 10.3. The highest BCUT2D eigenvalue weighted by Crippen LogP contribution is 2.40. The Balaban J connectivity index is 2.78. The van der Waals surface area contributed by atoms with Gasteiger partial charge in [0.1, 0.15) is 5.75 Å². The topological polar surface area (TPSA) is 111 Å². The highest BCUT2D eigenvalue weighted by molar-refractivity contribution is 5.83. The largest absolute Gasteiger partial charge is 0.496 e. The Morgan fingerprint density at radius 2 is 2.32 bits per heavy atom. The second kappa shape index (κ2) is 4.48. The van der Waals surface area contributed by atoms with Crippen molar-refractivity contribution in [2.75, 3.05) is 7.11 Å². The minimum atomic E-state index is -1.70. The molecule has 0 aliphatic carbocycles. The number of nitro groups is 1. The molecule has 0 spiro atoms. The third kappa shape index (κ3) is 1.90. The van der Waals surface area contributed by atoms with Gasteiger partial charge in [-0.1, -0.05) is 0 Å². The van der Waals surface area contributed by atoms with Gasteiger partial charge in [0.2, 0.25) is 0 Å². The fraction of sp³-hybridized carbons (Fsp3) is 0.364. The number of nitrogens with zero attached hydrogens (tertiary/aromatic N) is 1. The maximum atomic E-state index is 11.4. The lowest BCUT2D eigenvalue weighted by molar-refractivity contribution is -0.386. The zero-order valence-corrected chi connectivity index (χ0v) is 10.3. The number of benzene rings is 1. The average Bonchev–Trinajstić information content (AvgIpc) is 2.37. The van der Waals surface area contributed by atoms with Gasteiger partial charge in [0, 0.05) is 11.6 Å². The van der Waals surface area contributed by atoms with Crippen LogP contribution >= 0.6 is 0 Å². The van der Waals surface area contributed by atoms with Crippen LogP contribution in [-0.2, 0) is 21.8 Å². The number of hydrogen-bond acceptors (Lipinski definition) is 6. The van der Waals surface area contributed by atoms with E-state index in [1.54, 1.807) is 0 Å². The van der Waals surface area contributed by atoms with Crippen molar-refractivity contribution >= 4 is 11.7 Å². The summed E-state index contributed by atoms with van der Waals surface area (Å²) < 4.78 is 5.10. The summed E-state index contributed by atoms with van der Waals surface area (Å²) in [7, 11) is 1.40. The number of ether oxygens (including phenoxy) is 1. The molecule has 0 saturated heterocycles. The molecule has 0 bridgehead atoms. The van der Waals surface area contributed by atoms with E-state index in [9.17, 15) is 20.0 Å². The number of fused-ring (bicyclic) bond motifs is 1. The number of rotatable bonds is 3. The number of nitro benzene ring substituents is 1. The van der Waals surface area contributed by atoms with E-state index in [1.807, 2.05) is 0 Å². The number of carbonyl (C=O) groups is 1. The minimum Gasteiger partial charge on any atom is -0.496 e. The first-order chi connectivity index (χ1) is 8.91. The van der Waals surface area contributed by atoms with Gasteiger partial charge in [-0.3, -0.25) is 15.0 Å². The van der Waals surface area contributed by atoms with Crippen LogP contribution in [0.25, 0.3) is 0 Å². The Morgan fingerprint density at radius 1 is 1.63 bits per heavy atom. The molecule has 0 aromatic heterocycles. The molecule has 1 heterocycles. The fourth-order valence-electron chi connectivity index (χ4n) is 2.12. The van der Waals surface area contributed by atoms with E-state index in [-0.39, 0.29) is 17.9 Å². The molecule has 1 aromatic rings. The molecule has 0 fully saturated rings. The number of methoxy groups -OCH3 is 1. The van der Waals surface area contributed by atoms with Gasteiger partial charge in [-0.05, 0) is 13.0 Å². The number of hydrogen-bond donors (Lipinski definition) is 2. The van der Waals surface area contributed by atoms with E-state index in [1.165, 1.54) is 26.2 Å². The Hall–Kier alpha value is -2.19. The lowest BCUT2D eigenvalue weighted by Crippen LogP contribution is -2.50. The van der Waals surface area contributed by atoms with Crippen LogP contribution in [0.2, 0.25) is 0 Å². The predicted octanol–water partition coefficient (Wildman–Crippen LogP) is 0.938. The molecule has 19 heavy (non-hydrogen) atoms. The Bertz CT molecular complexity index is 558. The number of carboxylic acids is 1. The summed E-state index contributed by atoms with van der Waals surface area (Å²) in [6, 6.07) is 2.65. The van der Waals surface area contributed by atoms with Crippen LogP contribution in [0, 0.1) is 10.1 Å². The Labute approximate surface area is 108 Å². The van der Waals surface area contributed by atoms with Crippen LogP contribution in [0.3, 0.4) is 0 Å². The number of hydroxylamine groups is 1. The van der Waals surface area contributed by atoms with Crippen LogP contribution in [0.1, 0.15) is 18.1 Å². The third-order valence-electron chi connectivity index (χ3n) is 3.09. The summed E-state index contributed by atoms with van der Waals surface area (Å²) in [6.07, 6.45) is 0.